The minimum Gasteiger partial charge on any atom is -0.497 e. The quantitative estimate of drug-likeness (QED) is 0.794. The Balaban J connectivity index is 3.08. The summed E-state index contributed by atoms with van der Waals surface area (Å²) in [5, 5.41) is 0. The van der Waals surface area contributed by atoms with E-state index in [1.165, 1.54) is 0 Å². The zero-order chi connectivity index (χ0) is 13.0. The van der Waals surface area contributed by atoms with Gasteiger partial charge >= 0.3 is 0 Å². The molecule has 1 aromatic carbocycles. The molecule has 94 valence electrons. The zero-order valence-corrected chi connectivity index (χ0v) is 10.7. The van der Waals surface area contributed by atoms with Crippen LogP contribution in [0.4, 0.5) is 0 Å². The van der Waals surface area contributed by atoms with E-state index in [1.54, 1.807) is 32.4 Å². The van der Waals surface area contributed by atoms with Crippen molar-refractivity contribution in [1.82, 2.24) is 0 Å². The molecule has 0 aliphatic carbocycles. The fraction of sp³-hybridized carbons (Fsp3) is 0.462. The molecule has 0 heterocycles. The Bertz CT molecular complexity index is 379. The normalized spacial score (nSPS) is 12.4. The molecule has 1 aromatic rings. The second-order valence-corrected chi connectivity index (χ2v) is 4.24. The first kappa shape index (κ1) is 13.5. The number of carbonyl (C=O) groups excluding carboxylic acids is 1. The molecule has 4 heteroatoms. The molecule has 1 rings (SSSR count). The monoisotopic (exact) mass is 237 g/mol. The van der Waals surface area contributed by atoms with Crippen LogP contribution < -0.4 is 15.2 Å². The van der Waals surface area contributed by atoms with E-state index < -0.39 is 6.04 Å². The maximum absolute atomic E-state index is 12.1. The highest BCUT2D eigenvalue weighted by molar-refractivity contribution is 6.00. The number of ketones is 1. The molecule has 4 nitrogen and oxygen atoms in total. The Morgan fingerprint density at radius 3 is 1.94 bits per heavy atom. The highest BCUT2D eigenvalue weighted by Crippen LogP contribution is 2.23. The van der Waals surface area contributed by atoms with Gasteiger partial charge in [-0.05, 0) is 18.1 Å². The van der Waals surface area contributed by atoms with Gasteiger partial charge in [0.15, 0.2) is 5.78 Å². The minimum absolute atomic E-state index is 0.0969. The first-order chi connectivity index (χ1) is 7.99. The van der Waals surface area contributed by atoms with E-state index in [2.05, 4.69) is 0 Å². The Morgan fingerprint density at radius 1 is 1.12 bits per heavy atom. The molecule has 0 fully saturated rings. The van der Waals surface area contributed by atoms with Crippen LogP contribution in [0.5, 0.6) is 11.5 Å². The van der Waals surface area contributed by atoms with Crippen molar-refractivity contribution in [2.24, 2.45) is 11.7 Å². The lowest BCUT2D eigenvalue weighted by molar-refractivity contribution is 0.0940. The first-order valence-electron chi connectivity index (χ1n) is 5.52. The number of methoxy groups -OCH3 is 2. The van der Waals surface area contributed by atoms with Crippen molar-refractivity contribution in [3.05, 3.63) is 23.8 Å². The summed E-state index contributed by atoms with van der Waals surface area (Å²) in [7, 11) is 3.09. The van der Waals surface area contributed by atoms with Gasteiger partial charge in [-0.2, -0.15) is 0 Å². The van der Waals surface area contributed by atoms with Crippen LogP contribution in [0.2, 0.25) is 0 Å². The number of hydrogen-bond acceptors (Lipinski definition) is 4. The topological polar surface area (TPSA) is 61.5 Å². The van der Waals surface area contributed by atoms with Crippen molar-refractivity contribution in [3.8, 4) is 11.5 Å². The van der Waals surface area contributed by atoms with Gasteiger partial charge in [0.2, 0.25) is 0 Å². The van der Waals surface area contributed by atoms with E-state index in [1.807, 2.05) is 13.8 Å². The summed E-state index contributed by atoms with van der Waals surface area (Å²) in [5.41, 5.74) is 6.36. The van der Waals surface area contributed by atoms with Gasteiger partial charge in [-0.15, -0.1) is 0 Å². The van der Waals surface area contributed by atoms with Crippen LogP contribution in [0.1, 0.15) is 24.2 Å². The standard InChI is InChI=1S/C13H19NO3/c1-8(2)12(14)13(15)9-5-10(16-3)7-11(6-9)17-4/h5-8,12H,14H2,1-4H3. The third-order valence-corrected chi connectivity index (χ3v) is 2.66. The first-order valence-corrected chi connectivity index (χ1v) is 5.52. The smallest absolute Gasteiger partial charge is 0.180 e. The van der Waals surface area contributed by atoms with Crippen molar-refractivity contribution in [2.75, 3.05) is 14.2 Å². The fourth-order valence-electron chi connectivity index (χ4n) is 1.44. The number of ether oxygens (including phenoxy) is 2. The third-order valence-electron chi connectivity index (χ3n) is 2.66. The zero-order valence-electron chi connectivity index (χ0n) is 10.7. The van der Waals surface area contributed by atoms with E-state index in [4.69, 9.17) is 15.2 Å². The molecular formula is C13H19NO3. The lowest BCUT2D eigenvalue weighted by Gasteiger charge is -2.15. The lowest BCUT2D eigenvalue weighted by atomic mass is 9.95. The van der Waals surface area contributed by atoms with Crippen molar-refractivity contribution in [2.45, 2.75) is 19.9 Å². The second-order valence-electron chi connectivity index (χ2n) is 4.24. The number of rotatable bonds is 5. The van der Waals surface area contributed by atoms with E-state index >= 15 is 0 Å². The molecule has 0 aromatic heterocycles. The van der Waals surface area contributed by atoms with Crippen LogP contribution in [0.15, 0.2) is 18.2 Å². The average Bonchev–Trinajstić information content (AvgIpc) is 2.35. The second kappa shape index (κ2) is 5.68. The Kier molecular flexibility index (Phi) is 4.52. The van der Waals surface area contributed by atoms with Crippen LogP contribution in [-0.4, -0.2) is 26.0 Å². The van der Waals surface area contributed by atoms with Gasteiger partial charge in [0, 0.05) is 11.6 Å². The number of nitrogens with two attached hydrogens (primary N) is 1. The summed E-state index contributed by atoms with van der Waals surface area (Å²) in [6.45, 7) is 3.83. The van der Waals surface area contributed by atoms with Gasteiger partial charge in [0.1, 0.15) is 11.5 Å². The van der Waals surface area contributed by atoms with Gasteiger partial charge in [0.25, 0.3) is 0 Å². The van der Waals surface area contributed by atoms with E-state index in [0.717, 1.165) is 0 Å². The Hall–Kier alpha value is -1.55. The van der Waals surface area contributed by atoms with Crippen LogP contribution in [0.25, 0.3) is 0 Å². The summed E-state index contributed by atoms with van der Waals surface area (Å²) < 4.78 is 10.2. The Labute approximate surface area is 102 Å². The predicted octanol–water partition coefficient (Wildman–Crippen LogP) is 1.87. The van der Waals surface area contributed by atoms with E-state index in [9.17, 15) is 4.79 Å². The molecule has 0 bridgehead atoms. The number of Topliss-reactive ketones (excluding diaryl/α,β-unsaturated/α-hetero) is 1. The largest absolute Gasteiger partial charge is 0.497 e. The molecule has 0 spiro atoms. The molecule has 0 radical (unpaired) electrons. The molecule has 0 amide bonds. The summed E-state index contributed by atoms with van der Waals surface area (Å²) in [5.74, 6) is 1.17. The fourth-order valence-corrected chi connectivity index (χ4v) is 1.44. The van der Waals surface area contributed by atoms with Crippen molar-refractivity contribution >= 4 is 5.78 Å². The van der Waals surface area contributed by atoms with Crippen LogP contribution in [-0.2, 0) is 0 Å². The van der Waals surface area contributed by atoms with Crippen LogP contribution in [0.3, 0.4) is 0 Å². The average molecular weight is 237 g/mol. The summed E-state index contributed by atoms with van der Waals surface area (Å²) in [6, 6.07) is 4.56. The number of hydrogen-bond donors (Lipinski definition) is 1. The molecule has 0 saturated heterocycles. The Morgan fingerprint density at radius 2 is 1.59 bits per heavy atom. The van der Waals surface area contributed by atoms with Crippen molar-refractivity contribution < 1.29 is 14.3 Å². The van der Waals surface area contributed by atoms with Crippen molar-refractivity contribution in [1.29, 1.82) is 0 Å². The summed E-state index contributed by atoms with van der Waals surface area (Å²) in [6.07, 6.45) is 0. The maximum atomic E-state index is 12.1. The van der Waals surface area contributed by atoms with Gasteiger partial charge in [-0.1, -0.05) is 13.8 Å². The van der Waals surface area contributed by atoms with Gasteiger partial charge < -0.3 is 15.2 Å². The SMILES string of the molecule is COc1cc(OC)cc(C(=O)C(N)C(C)C)c1. The molecular weight excluding hydrogens is 218 g/mol. The molecule has 0 saturated carbocycles. The maximum Gasteiger partial charge on any atom is 0.180 e. The molecule has 17 heavy (non-hydrogen) atoms. The molecule has 0 aliphatic rings. The van der Waals surface area contributed by atoms with E-state index in [-0.39, 0.29) is 11.7 Å². The van der Waals surface area contributed by atoms with Gasteiger partial charge in [-0.3, -0.25) is 4.79 Å². The predicted molar refractivity (Wildman–Crippen MR) is 66.7 cm³/mol. The molecule has 0 aliphatic heterocycles. The summed E-state index contributed by atoms with van der Waals surface area (Å²) in [4.78, 5) is 12.1. The molecule has 1 unspecified atom stereocenters. The van der Waals surface area contributed by atoms with E-state index in [0.29, 0.717) is 17.1 Å². The summed E-state index contributed by atoms with van der Waals surface area (Å²) >= 11 is 0. The number of benzene rings is 1. The van der Waals surface area contributed by atoms with Gasteiger partial charge in [-0.25, -0.2) is 0 Å². The molecule has 2 N–H and O–H groups in total. The number of carbonyl (C=O) groups is 1. The van der Waals surface area contributed by atoms with Gasteiger partial charge in [0.05, 0.1) is 20.3 Å². The molecule has 1 atom stereocenters. The highest BCUT2D eigenvalue weighted by atomic mass is 16.5. The minimum atomic E-state index is -0.508. The van der Waals surface area contributed by atoms with Crippen LogP contribution >= 0.6 is 0 Å². The highest BCUT2D eigenvalue weighted by Gasteiger charge is 2.20. The van der Waals surface area contributed by atoms with Crippen molar-refractivity contribution in [3.63, 3.8) is 0 Å². The van der Waals surface area contributed by atoms with Crippen LogP contribution in [0, 0.1) is 5.92 Å². The third kappa shape index (κ3) is 3.20. The lowest BCUT2D eigenvalue weighted by Crippen LogP contribution is -2.35.